The van der Waals surface area contributed by atoms with Crippen molar-refractivity contribution in [1.29, 1.82) is 0 Å². The summed E-state index contributed by atoms with van der Waals surface area (Å²) in [7, 11) is 0. The van der Waals surface area contributed by atoms with Crippen molar-refractivity contribution in [2.75, 3.05) is 10.2 Å². The van der Waals surface area contributed by atoms with E-state index in [0.29, 0.717) is 11.5 Å². The van der Waals surface area contributed by atoms with Crippen molar-refractivity contribution in [2.45, 2.75) is 19.4 Å². The summed E-state index contributed by atoms with van der Waals surface area (Å²) in [6.45, 7) is 2.14. The zero-order chi connectivity index (χ0) is 18.1. The number of carbonyl (C=O) groups is 1. The number of nitrogens with zero attached hydrogens (tertiary/aromatic N) is 3. The van der Waals surface area contributed by atoms with Crippen LogP contribution in [0.4, 0.5) is 21.6 Å². The van der Waals surface area contributed by atoms with Gasteiger partial charge in [0.1, 0.15) is 11.5 Å². The fourth-order valence-electron chi connectivity index (χ4n) is 3.21. The zero-order valence-electron chi connectivity index (χ0n) is 14.2. The van der Waals surface area contributed by atoms with Gasteiger partial charge < -0.3 is 10.2 Å². The maximum absolute atomic E-state index is 12.9. The van der Waals surface area contributed by atoms with E-state index in [2.05, 4.69) is 39.2 Å². The Bertz CT molecular complexity index is 941. The first-order valence-corrected chi connectivity index (χ1v) is 8.38. The van der Waals surface area contributed by atoms with Crippen LogP contribution < -0.4 is 10.2 Å². The number of halogens is 1. The third-order valence-electron chi connectivity index (χ3n) is 4.43. The third kappa shape index (κ3) is 3.01. The standard InChI is InChI=1S/C20H17FN4O/c1-13-10-14-4-2-3-5-18(14)25(13)19-12-22-17(11-23-19)20(26)24-16-8-6-15(21)7-9-16/h2-9,11-13H,10H2,1H3,(H,24,26). The molecule has 2 heterocycles. The fourth-order valence-corrected chi connectivity index (χ4v) is 3.21. The molecule has 3 aromatic rings. The number of fused-ring (bicyclic) bond motifs is 1. The summed E-state index contributed by atoms with van der Waals surface area (Å²) < 4.78 is 12.9. The van der Waals surface area contributed by atoms with E-state index in [0.717, 1.165) is 12.1 Å². The molecule has 2 aromatic carbocycles. The molecule has 5 nitrogen and oxygen atoms in total. The molecule has 1 aliphatic rings. The van der Waals surface area contributed by atoms with Gasteiger partial charge in [0.15, 0.2) is 5.82 Å². The lowest BCUT2D eigenvalue weighted by atomic mass is 10.1. The van der Waals surface area contributed by atoms with Gasteiger partial charge >= 0.3 is 0 Å². The lowest BCUT2D eigenvalue weighted by Gasteiger charge is -2.23. The SMILES string of the molecule is CC1Cc2ccccc2N1c1cnc(C(=O)Nc2ccc(F)cc2)cn1. The van der Waals surface area contributed by atoms with Crippen LogP contribution >= 0.6 is 0 Å². The highest BCUT2D eigenvalue weighted by Crippen LogP contribution is 2.36. The summed E-state index contributed by atoms with van der Waals surface area (Å²) >= 11 is 0. The second kappa shape index (κ2) is 6.55. The lowest BCUT2D eigenvalue weighted by Crippen LogP contribution is -2.25. The molecule has 0 saturated heterocycles. The van der Waals surface area contributed by atoms with E-state index in [-0.39, 0.29) is 23.5 Å². The summed E-state index contributed by atoms with van der Waals surface area (Å²) in [5.41, 5.74) is 3.11. The van der Waals surface area contributed by atoms with Crippen molar-refractivity contribution in [3.63, 3.8) is 0 Å². The molecule has 0 saturated carbocycles. The average molecular weight is 348 g/mol. The predicted molar refractivity (Wildman–Crippen MR) is 98.1 cm³/mol. The predicted octanol–water partition coefficient (Wildman–Crippen LogP) is 3.95. The van der Waals surface area contributed by atoms with Crippen LogP contribution in [-0.2, 0) is 6.42 Å². The Morgan fingerprint density at radius 3 is 2.62 bits per heavy atom. The normalized spacial score (nSPS) is 15.6. The number of aromatic nitrogens is 2. The number of anilines is 3. The molecule has 1 N–H and O–H groups in total. The first kappa shape index (κ1) is 16.2. The van der Waals surface area contributed by atoms with Crippen molar-refractivity contribution in [1.82, 2.24) is 9.97 Å². The number of rotatable bonds is 3. The van der Waals surface area contributed by atoms with Crippen molar-refractivity contribution in [3.8, 4) is 0 Å². The maximum Gasteiger partial charge on any atom is 0.275 e. The number of hydrogen-bond acceptors (Lipinski definition) is 4. The molecule has 6 heteroatoms. The molecule has 26 heavy (non-hydrogen) atoms. The van der Waals surface area contributed by atoms with Gasteiger partial charge in [-0.3, -0.25) is 4.79 Å². The molecule has 4 rings (SSSR count). The Hall–Kier alpha value is -3.28. The van der Waals surface area contributed by atoms with Crippen LogP contribution in [0.3, 0.4) is 0 Å². The van der Waals surface area contributed by atoms with Gasteiger partial charge in [-0.05, 0) is 49.2 Å². The Morgan fingerprint density at radius 1 is 1.12 bits per heavy atom. The highest BCUT2D eigenvalue weighted by atomic mass is 19.1. The van der Waals surface area contributed by atoms with Gasteiger partial charge in [-0.2, -0.15) is 0 Å². The fraction of sp³-hybridized carbons (Fsp3) is 0.150. The number of nitrogens with one attached hydrogen (secondary N) is 1. The molecule has 1 atom stereocenters. The minimum Gasteiger partial charge on any atom is -0.322 e. The van der Waals surface area contributed by atoms with Crippen LogP contribution in [0, 0.1) is 5.82 Å². The number of carbonyl (C=O) groups excluding carboxylic acids is 1. The first-order valence-electron chi connectivity index (χ1n) is 8.38. The highest BCUT2D eigenvalue weighted by Gasteiger charge is 2.27. The average Bonchev–Trinajstić information content (AvgIpc) is 2.99. The molecule has 0 spiro atoms. The maximum atomic E-state index is 12.9. The highest BCUT2D eigenvalue weighted by molar-refractivity contribution is 6.02. The van der Waals surface area contributed by atoms with Crippen molar-refractivity contribution in [3.05, 3.63) is 78.0 Å². The summed E-state index contributed by atoms with van der Waals surface area (Å²) in [5.74, 6) is -0.0292. The Labute approximate surface area is 150 Å². The van der Waals surface area contributed by atoms with E-state index in [4.69, 9.17) is 0 Å². The van der Waals surface area contributed by atoms with E-state index in [1.54, 1.807) is 6.20 Å². The van der Waals surface area contributed by atoms with E-state index < -0.39 is 0 Å². The van der Waals surface area contributed by atoms with Gasteiger partial charge in [0.25, 0.3) is 5.91 Å². The number of hydrogen-bond donors (Lipinski definition) is 1. The summed E-state index contributed by atoms with van der Waals surface area (Å²) in [4.78, 5) is 23.1. The molecule has 1 unspecified atom stereocenters. The van der Waals surface area contributed by atoms with Crippen LogP contribution in [0.15, 0.2) is 60.9 Å². The van der Waals surface area contributed by atoms with Gasteiger partial charge in [-0.25, -0.2) is 14.4 Å². The molecule has 1 aromatic heterocycles. The monoisotopic (exact) mass is 348 g/mol. The Morgan fingerprint density at radius 2 is 1.88 bits per heavy atom. The molecule has 1 aliphatic heterocycles. The van der Waals surface area contributed by atoms with E-state index >= 15 is 0 Å². The second-order valence-electron chi connectivity index (χ2n) is 6.27. The van der Waals surface area contributed by atoms with Crippen LogP contribution in [0.25, 0.3) is 0 Å². The van der Waals surface area contributed by atoms with Crippen molar-refractivity contribution >= 4 is 23.1 Å². The molecule has 0 bridgehead atoms. The number of benzene rings is 2. The van der Waals surface area contributed by atoms with Gasteiger partial charge in [-0.1, -0.05) is 18.2 Å². The Balaban J connectivity index is 1.53. The quantitative estimate of drug-likeness (QED) is 0.779. The molecule has 130 valence electrons. The van der Waals surface area contributed by atoms with Crippen LogP contribution in [-0.4, -0.2) is 21.9 Å². The summed E-state index contributed by atoms with van der Waals surface area (Å²) in [6, 6.07) is 14.1. The van der Waals surface area contributed by atoms with E-state index in [9.17, 15) is 9.18 Å². The molecular weight excluding hydrogens is 331 g/mol. The van der Waals surface area contributed by atoms with Crippen LogP contribution in [0.1, 0.15) is 23.0 Å². The minimum absolute atomic E-state index is 0.207. The number of para-hydroxylation sites is 1. The van der Waals surface area contributed by atoms with Gasteiger partial charge in [0, 0.05) is 17.4 Å². The minimum atomic E-state index is -0.384. The zero-order valence-corrected chi connectivity index (χ0v) is 14.2. The first-order chi connectivity index (χ1) is 12.6. The summed E-state index contributed by atoms with van der Waals surface area (Å²) in [6.07, 6.45) is 4.02. The lowest BCUT2D eigenvalue weighted by molar-refractivity contribution is 0.102. The van der Waals surface area contributed by atoms with E-state index in [1.165, 1.54) is 36.0 Å². The van der Waals surface area contributed by atoms with Crippen molar-refractivity contribution < 1.29 is 9.18 Å². The molecular formula is C20H17FN4O. The van der Waals surface area contributed by atoms with Gasteiger partial charge in [0.2, 0.25) is 0 Å². The topological polar surface area (TPSA) is 58.1 Å². The van der Waals surface area contributed by atoms with Crippen molar-refractivity contribution in [2.24, 2.45) is 0 Å². The van der Waals surface area contributed by atoms with Crippen LogP contribution in [0.2, 0.25) is 0 Å². The van der Waals surface area contributed by atoms with Gasteiger partial charge in [0.05, 0.1) is 12.4 Å². The van der Waals surface area contributed by atoms with Gasteiger partial charge in [-0.15, -0.1) is 0 Å². The summed E-state index contributed by atoms with van der Waals surface area (Å²) in [5, 5.41) is 2.68. The largest absolute Gasteiger partial charge is 0.322 e. The second-order valence-corrected chi connectivity index (χ2v) is 6.27. The smallest absolute Gasteiger partial charge is 0.275 e. The van der Waals surface area contributed by atoms with E-state index in [1.807, 2.05) is 12.1 Å². The molecule has 0 aliphatic carbocycles. The number of amides is 1. The Kier molecular flexibility index (Phi) is 4.08. The molecule has 0 radical (unpaired) electrons. The van der Waals surface area contributed by atoms with Crippen LogP contribution in [0.5, 0.6) is 0 Å². The third-order valence-corrected chi connectivity index (χ3v) is 4.43. The molecule has 1 amide bonds. The molecule has 0 fully saturated rings.